The molecule has 3 heterocycles. The monoisotopic (exact) mass is 464 g/mol. The number of sulfonamides is 1. The number of nitrogens with one attached hydrogen (secondary N) is 1. The Bertz CT molecular complexity index is 1220. The van der Waals surface area contributed by atoms with E-state index in [9.17, 15) is 8.42 Å². The Morgan fingerprint density at radius 2 is 1.73 bits per heavy atom. The first-order valence-electron chi connectivity index (χ1n) is 9.22. The molecule has 0 radical (unpaired) electrons. The number of rotatable bonds is 4. The van der Waals surface area contributed by atoms with Crippen molar-refractivity contribution in [2.45, 2.75) is 4.90 Å². The minimum atomic E-state index is -3.48. The van der Waals surface area contributed by atoms with Crippen LogP contribution in [0.1, 0.15) is 0 Å². The van der Waals surface area contributed by atoms with Crippen molar-refractivity contribution in [1.82, 2.24) is 14.3 Å². The standard InChI is InChI=1S/C19H17ClN4O4S2/c20-19-22-15-10-17-16(27-11-28-17)9-14(15)18(23-19)21-12-1-3-13(4-2-12)30(25,26)24-5-7-29-8-6-24/h1-4,9-10H,5-8,11H2,(H,21,22,23). The summed E-state index contributed by atoms with van der Waals surface area (Å²) < 4.78 is 38.0. The lowest BCUT2D eigenvalue weighted by Gasteiger charge is -2.25. The smallest absolute Gasteiger partial charge is 0.243 e. The number of nitrogens with zero attached hydrogens (tertiary/aromatic N) is 3. The van der Waals surface area contributed by atoms with Crippen LogP contribution in [0.15, 0.2) is 41.3 Å². The summed E-state index contributed by atoms with van der Waals surface area (Å²) in [4.78, 5) is 8.80. The van der Waals surface area contributed by atoms with E-state index in [4.69, 9.17) is 21.1 Å². The Morgan fingerprint density at radius 1 is 1.03 bits per heavy atom. The third-order valence-electron chi connectivity index (χ3n) is 4.89. The molecule has 8 nitrogen and oxygen atoms in total. The lowest BCUT2D eigenvalue weighted by molar-refractivity contribution is 0.174. The second-order valence-electron chi connectivity index (χ2n) is 6.73. The zero-order valence-electron chi connectivity index (χ0n) is 15.7. The summed E-state index contributed by atoms with van der Waals surface area (Å²) in [6.07, 6.45) is 0. The first-order valence-corrected chi connectivity index (χ1v) is 12.2. The van der Waals surface area contributed by atoms with E-state index in [1.54, 1.807) is 48.2 Å². The molecule has 0 saturated carbocycles. The first-order chi connectivity index (χ1) is 14.5. The topological polar surface area (TPSA) is 93.7 Å². The Hall–Kier alpha value is -2.27. The van der Waals surface area contributed by atoms with Gasteiger partial charge in [-0.2, -0.15) is 21.1 Å². The lowest BCUT2D eigenvalue weighted by atomic mass is 10.2. The molecule has 0 atom stereocenters. The van der Waals surface area contributed by atoms with Gasteiger partial charge in [0.2, 0.25) is 22.1 Å². The van der Waals surface area contributed by atoms with E-state index in [-0.39, 0.29) is 17.0 Å². The molecule has 0 bridgehead atoms. The van der Waals surface area contributed by atoms with Crippen molar-refractivity contribution in [3.05, 3.63) is 41.7 Å². The number of ether oxygens (including phenoxy) is 2. The predicted molar refractivity (Wildman–Crippen MR) is 116 cm³/mol. The van der Waals surface area contributed by atoms with Crippen molar-refractivity contribution in [2.75, 3.05) is 36.7 Å². The van der Waals surface area contributed by atoms with E-state index in [0.717, 1.165) is 11.5 Å². The van der Waals surface area contributed by atoms with Crippen molar-refractivity contribution in [1.29, 1.82) is 0 Å². The predicted octanol–water partition coefficient (Wildman–Crippen LogP) is 3.49. The molecule has 2 aliphatic heterocycles. The van der Waals surface area contributed by atoms with Gasteiger partial charge in [-0.05, 0) is 41.9 Å². The second kappa shape index (κ2) is 7.77. The van der Waals surface area contributed by atoms with Gasteiger partial charge in [0.25, 0.3) is 0 Å². The van der Waals surface area contributed by atoms with Crippen molar-refractivity contribution in [3.63, 3.8) is 0 Å². The van der Waals surface area contributed by atoms with Gasteiger partial charge < -0.3 is 14.8 Å². The number of hydrogen-bond donors (Lipinski definition) is 1. The van der Waals surface area contributed by atoms with Crippen LogP contribution in [-0.4, -0.2) is 54.1 Å². The molecule has 1 saturated heterocycles. The molecule has 30 heavy (non-hydrogen) atoms. The average Bonchev–Trinajstić information content (AvgIpc) is 3.21. The van der Waals surface area contributed by atoms with Crippen molar-refractivity contribution >= 4 is 55.8 Å². The highest BCUT2D eigenvalue weighted by Crippen LogP contribution is 2.38. The number of aromatic nitrogens is 2. The fraction of sp³-hybridized carbons (Fsp3) is 0.263. The molecule has 3 aromatic rings. The number of anilines is 2. The van der Waals surface area contributed by atoms with Gasteiger partial charge in [0, 0.05) is 41.7 Å². The van der Waals surface area contributed by atoms with Gasteiger partial charge in [-0.1, -0.05) is 0 Å². The van der Waals surface area contributed by atoms with Crippen LogP contribution in [0, 0.1) is 0 Å². The fourth-order valence-electron chi connectivity index (χ4n) is 3.37. The van der Waals surface area contributed by atoms with Crippen molar-refractivity contribution in [3.8, 4) is 11.5 Å². The molecule has 2 aromatic carbocycles. The summed E-state index contributed by atoms with van der Waals surface area (Å²) in [6.45, 7) is 1.23. The van der Waals surface area contributed by atoms with Gasteiger partial charge >= 0.3 is 0 Å². The molecule has 0 spiro atoms. The highest BCUT2D eigenvalue weighted by Gasteiger charge is 2.26. The fourth-order valence-corrected chi connectivity index (χ4v) is 6.12. The van der Waals surface area contributed by atoms with Crippen LogP contribution in [0.3, 0.4) is 0 Å². The molecule has 11 heteroatoms. The zero-order chi connectivity index (χ0) is 20.7. The van der Waals surface area contributed by atoms with Crippen LogP contribution in [0.4, 0.5) is 11.5 Å². The highest BCUT2D eigenvalue weighted by molar-refractivity contribution is 7.99. The van der Waals surface area contributed by atoms with Crippen LogP contribution in [-0.2, 0) is 10.0 Å². The molecule has 1 fully saturated rings. The molecular formula is C19H17ClN4O4S2. The molecule has 156 valence electrons. The number of benzene rings is 2. The van der Waals surface area contributed by atoms with E-state index in [2.05, 4.69) is 15.3 Å². The molecule has 1 N–H and O–H groups in total. The van der Waals surface area contributed by atoms with E-state index >= 15 is 0 Å². The maximum Gasteiger partial charge on any atom is 0.243 e. The van der Waals surface area contributed by atoms with Gasteiger partial charge in [-0.3, -0.25) is 0 Å². The highest BCUT2D eigenvalue weighted by atomic mass is 35.5. The largest absolute Gasteiger partial charge is 0.454 e. The molecule has 0 aliphatic carbocycles. The van der Waals surface area contributed by atoms with E-state index < -0.39 is 10.0 Å². The van der Waals surface area contributed by atoms with Gasteiger partial charge in [-0.15, -0.1) is 0 Å². The van der Waals surface area contributed by atoms with Crippen LogP contribution in [0.25, 0.3) is 10.9 Å². The quantitative estimate of drug-likeness (QED) is 0.586. The normalized spacial score (nSPS) is 16.7. The molecule has 0 amide bonds. The second-order valence-corrected chi connectivity index (χ2v) is 10.2. The molecule has 2 aliphatic rings. The Kier molecular flexibility index (Phi) is 5.10. The van der Waals surface area contributed by atoms with Gasteiger partial charge in [0.15, 0.2) is 11.5 Å². The first kappa shape index (κ1) is 19.7. The van der Waals surface area contributed by atoms with Crippen LogP contribution >= 0.6 is 23.4 Å². The maximum absolute atomic E-state index is 12.8. The van der Waals surface area contributed by atoms with E-state index in [1.807, 2.05) is 0 Å². The number of hydrogen-bond acceptors (Lipinski definition) is 8. The summed E-state index contributed by atoms with van der Waals surface area (Å²) in [7, 11) is -3.48. The summed E-state index contributed by atoms with van der Waals surface area (Å²) in [5.41, 5.74) is 1.29. The minimum absolute atomic E-state index is 0.0889. The third-order valence-corrected chi connectivity index (χ3v) is 7.91. The van der Waals surface area contributed by atoms with Crippen molar-refractivity contribution < 1.29 is 17.9 Å². The van der Waals surface area contributed by atoms with E-state index in [1.165, 1.54) is 4.31 Å². The SMILES string of the molecule is O=S(=O)(c1ccc(Nc2nc(Cl)nc3cc4c(cc23)OCO4)cc1)N1CCSCC1. The number of halogens is 1. The van der Waals surface area contributed by atoms with Gasteiger partial charge in [-0.25, -0.2) is 13.4 Å². The third kappa shape index (κ3) is 3.64. The maximum atomic E-state index is 12.8. The van der Waals surface area contributed by atoms with Crippen LogP contribution in [0.5, 0.6) is 11.5 Å². The van der Waals surface area contributed by atoms with Gasteiger partial charge in [0.05, 0.1) is 10.4 Å². The molecule has 5 rings (SSSR count). The average molecular weight is 465 g/mol. The van der Waals surface area contributed by atoms with Gasteiger partial charge in [0.1, 0.15) is 5.82 Å². The molecule has 1 aromatic heterocycles. The Balaban J connectivity index is 1.44. The molecular weight excluding hydrogens is 448 g/mol. The van der Waals surface area contributed by atoms with E-state index in [0.29, 0.717) is 47.0 Å². The summed E-state index contributed by atoms with van der Waals surface area (Å²) in [5, 5.41) is 4.00. The minimum Gasteiger partial charge on any atom is -0.454 e. The summed E-state index contributed by atoms with van der Waals surface area (Å²) >= 11 is 7.86. The van der Waals surface area contributed by atoms with Crippen LogP contribution in [0.2, 0.25) is 5.28 Å². The lowest BCUT2D eigenvalue weighted by Crippen LogP contribution is -2.37. The number of fused-ring (bicyclic) bond motifs is 2. The Morgan fingerprint density at radius 3 is 2.47 bits per heavy atom. The van der Waals surface area contributed by atoms with Crippen LogP contribution < -0.4 is 14.8 Å². The van der Waals surface area contributed by atoms with Crippen molar-refractivity contribution in [2.24, 2.45) is 0 Å². The molecule has 0 unspecified atom stereocenters. The number of thioether (sulfide) groups is 1. The summed E-state index contributed by atoms with van der Waals surface area (Å²) in [5.74, 6) is 3.34. The summed E-state index contributed by atoms with van der Waals surface area (Å²) in [6, 6.07) is 10.2. The zero-order valence-corrected chi connectivity index (χ0v) is 18.1. The Labute approximate surface area is 182 Å².